The predicted octanol–water partition coefficient (Wildman–Crippen LogP) is 0.881. The number of hydrogen-bond donors (Lipinski definition) is 2. The van der Waals surface area contributed by atoms with Crippen molar-refractivity contribution in [2.75, 3.05) is 57.8 Å². The molecule has 2 saturated heterocycles. The number of nitrogens with one attached hydrogen (secondary N) is 2. The maximum Gasteiger partial charge on any atom is 0.227 e. The van der Waals surface area contributed by atoms with Crippen LogP contribution >= 0.6 is 12.4 Å². The Balaban J connectivity index is 0.00000261. The van der Waals surface area contributed by atoms with Gasteiger partial charge in [-0.1, -0.05) is 12.1 Å². The van der Waals surface area contributed by atoms with Crippen LogP contribution in [-0.4, -0.2) is 69.6 Å². The Morgan fingerprint density at radius 2 is 2.04 bits per heavy atom. The largest absolute Gasteiger partial charge is 0.495 e. The molecule has 0 bridgehead atoms. The van der Waals surface area contributed by atoms with Gasteiger partial charge in [-0.3, -0.25) is 9.59 Å². The monoisotopic (exact) mass is 396 g/mol. The molecule has 0 spiro atoms. The molecule has 0 aliphatic carbocycles. The number of carbonyl (C=O) groups excluding carboxylic acids is 2. The fourth-order valence-corrected chi connectivity index (χ4v) is 3.56. The number of amides is 2. The third kappa shape index (κ3) is 5.57. The van der Waals surface area contributed by atoms with E-state index >= 15 is 0 Å². The van der Waals surface area contributed by atoms with Gasteiger partial charge in [0.2, 0.25) is 11.8 Å². The highest BCUT2D eigenvalue weighted by Crippen LogP contribution is 2.32. The summed E-state index contributed by atoms with van der Waals surface area (Å²) in [6.07, 6.45) is 1.18. The third-order valence-corrected chi connectivity index (χ3v) is 5.03. The molecule has 2 fully saturated rings. The molecule has 8 heteroatoms. The van der Waals surface area contributed by atoms with Crippen molar-refractivity contribution in [1.82, 2.24) is 15.5 Å². The molecule has 0 aromatic heterocycles. The van der Waals surface area contributed by atoms with Gasteiger partial charge in [-0.15, -0.1) is 12.4 Å². The van der Waals surface area contributed by atoms with E-state index in [2.05, 4.69) is 15.5 Å². The first-order valence-electron chi connectivity index (χ1n) is 9.33. The maximum absolute atomic E-state index is 12.4. The first kappa shape index (κ1) is 21.5. The molecule has 1 unspecified atom stereocenters. The topological polar surface area (TPSA) is 73.9 Å². The highest BCUT2D eigenvalue weighted by molar-refractivity contribution is 6.01. The van der Waals surface area contributed by atoms with Gasteiger partial charge in [-0.05, 0) is 25.1 Å². The Hall–Kier alpha value is -1.83. The lowest BCUT2D eigenvalue weighted by molar-refractivity contribution is -0.126. The summed E-state index contributed by atoms with van der Waals surface area (Å²) in [7, 11) is 1.59. The van der Waals surface area contributed by atoms with Crippen molar-refractivity contribution in [3.05, 3.63) is 24.3 Å². The predicted molar refractivity (Wildman–Crippen MR) is 108 cm³/mol. The summed E-state index contributed by atoms with van der Waals surface area (Å²) in [4.78, 5) is 28.9. The standard InChI is InChI=1S/C19H28N4O3.ClH/c1-26-17-6-3-2-5-16(17)23-14-15(13-18(23)24)19(25)21-7-4-10-22-11-8-20-9-12-22;/h2-3,5-6,15,20H,4,7-14H2,1H3,(H,21,25);1H. The van der Waals surface area contributed by atoms with Crippen LogP contribution in [0.3, 0.4) is 0 Å². The van der Waals surface area contributed by atoms with E-state index in [1.807, 2.05) is 24.3 Å². The van der Waals surface area contributed by atoms with Crippen molar-refractivity contribution in [3.8, 4) is 5.75 Å². The van der Waals surface area contributed by atoms with E-state index < -0.39 is 0 Å². The fourth-order valence-electron chi connectivity index (χ4n) is 3.56. The quantitative estimate of drug-likeness (QED) is 0.669. The molecular weight excluding hydrogens is 368 g/mol. The number of ether oxygens (including phenoxy) is 1. The van der Waals surface area contributed by atoms with Crippen LogP contribution < -0.4 is 20.3 Å². The number of halogens is 1. The van der Waals surface area contributed by atoms with Crippen LogP contribution in [0.1, 0.15) is 12.8 Å². The Bertz CT molecular complexity index is 637. The SMILES string of the molecule is COc1ccccc1N1CC(C(=O)NCCCN2CCNCC2)CC1=O.Cl. The summed E-state index contributed by atoms with van der Waals surface area (Å²) in [6, 6.07) is 7.41. The normalized spacial score (nSPS) is 20.3. The van der Waals surface area contributed by atoms with Gasteiger partial charge in [-0.25, -0.2) is 0 Å². The molecule has 1 aromatic carbocycles. The Morgan fingerprint density at radius 3 is 2.78 bits per heavy atom. The molecule has 27 heavy (non-hydrogen) atoms. The minimum absolute atomic E-state index is 0. The minimum Gasteiger partial charge on any atom is -0.495 e. The zero-order valence-electron chi connectivity index (χ0n) is 15.8. The van der Waals surface area contributed by atoms with Crippen molar-refractivity contribution in [2.24, 2.45) is 5.92 Å². The second kappa shape index (κ2) is 10.5. The molecule has 2 heterocycles. The molecule has 2 amide bonds. The number of carbonyl (C=O) groups is 2. The number of rotatable bonds is 7. The van der Waals surface area contributed by atoms with Crippen LogP contribution in [0.15, 0.2) is 24.3 Å². The molecule has 1 aromatic rings. The van der Waals surface area contributed by atoms with E-state index in [-0.39, 0.29) is 36.6 Å². The van der Waals surface area contributed by atoms with E-state index in [1.165, 1.54) is 0 Å². The number of nitrogens with zero attached hydrogens (tertiary/aromatic N) is 2. The summed E-state index contributed by atoms with van der Waals surface area (Å²) < 4.78 is 5.34. The fraction of sp³-hybridized carbons (Fsp3) is 0.579. The second-order valence-corrected chi connectivity index (χ2v) is 6.81. The smallest absolute Gasteiger partial charge is 0.227 e. The molecule has 0 saturated carbocycles. The van der Waals surface area contributed by atoms with Crippen LogP contribution in [0.5, 0.6) is 5.75 Å². The lowest BCUT2D eigenvalue weighted by Gasteiger charge is -2.27. The number of benzene rings is 1. The summed E-state index contributed by atoms with van der Waals surface area (Å²) >= 11 is 0. The Morgan fingerprint density at radius 1 is 1.30 bits per heavy atom. The molecule has 0 radical (unpaired) electrons. The van der Waals surface area contributed by atoms with Crippen molar-refractivity contribution in [3.63, 3.8) is 0 Å². The van der Waals surface area contributed by atoms with E-state index in [9.17, 15) is 9.59 Å². The third-order valence-electron chi connectivity index (χ3n) is 5.03. The highest BCUT2D eigenvalue weighted by Gasteiger charge is 2.36. The minimum atomic E-state index is -0.299. The lowest BCUT2D eigenvalue weighted by atomic mass is 10.1. The van der Waals surface area contributed by atoms with Gasteiger partial charge < -0.3 is 25.2 Å². The Labute approximate surface area is 166 Å². The summed E-state index contributed by atoms with van der Waals surface area (Å²) in [5, 5.41) is 6.33. The van der Waals surface area contributed by atoms with E-state index in [0.29, 0.717) is 18.8 Å². The number of methoxy groups -OCH3 is 1. The van der Waals surface area contributed by atoms with Gasteiger partial charge in [0, 0.05) is 45.7 Å². The van der Waals surface area contributed by atoms with Crippen molar-refractivity contribution < 1.29 is 14.3 Å². The van der Waals surface area contributed by atoms with Gasteiger partial charge in [0.25, 0.3) is 0 Å². The van der Waals surface area contributed by atoms with E-state index in [0.717, 1.165) is 44.8 Å². The summed E-state index contributed by atoms with van der Waals surface area (Å²) in [6.45, 7) is 6.27. The van der Waals surface area contributed by atoms with Crippen LogP contribution in [0.2, 0.25) is 0 Å². The first-order valence-corrected chi connectivity index (χ1v) is 9.33. The molecular formula is C19H29ClN4O3. The molecule has 7 nitrogen and oxygen atoms in total. The first-order chi connectivity index (χ1) is 12.7. The molecule has 2 aliphatic heterocycles. The van der Waals surface area contributed by atoms with Crippen LogP contribution in [0.25, 0.3) is 0 Å². The molecule has 2 N–H and O–H groups in total. The number of anilines is 1. The number of piperazine rings is 1. The van der Waals surface area contributed by atoms with E-state index in [4.69, 9.17) is 4.74 Å². The van der Waals surface area contributed by atoms with Gasteiger partial charge in [0.15, 0.2) is 0 Å². The van der Waals surface area contributed by atoms with Crippen LogP contribution in [-0.2, 0) is 9.59 Å². The van der Waals surface area contributed by atoms with Gasteiger partial charge in [-0.2, -0.15) is 0 Å². The van der Waals surface area contributed by atoms with Crippen LogP contribution in [0, 0.1) is 5.92 Å². The molecule has 150 valence electrons. The number of para-hydroxylation sites is 2. The van der Waals surface area contributed by atoms with Crippen LogP contribution in [0.4, 0.5) is 5.69 Å². The summed E-state index contributed by atoms with van der Waals surface area (Å²) in [5.74, 6) is 0.288. The molecule has 3 rings (SSSR count). The zero-order chi connectivity index (χ0) is 18.4. The molecule has 1 atom stereocenters. The molecule has 2 aliphatic rings. The van der Waals surface area contributed by atoms with Crippen molar-refractivity contribution >= 4 is 29.9 Å². The number of hydrogen-bond acceptors (Lipinski definition) is 5. The summed E-state index contributed by atoms with van der Waals surface area (Å²) in [5.41, 5.74) is 0.731. The van der Waals surface area contributed by atoms with Gasteiger partial charge >= 0.3 is 0 Å². The van der Waals surface area contributed by atoms with E-state index in [1.54, 1.807) is 12.0 Å². The average Bonchev–Trinajstić information content (AvgIpc) is 3.07. The van der Waals surface area contributed by atoms with Crippen molar-refractivity contribution in [1.29, 1.82) is 0 Å². The Kier molecular flexibility index (Phi) is 8.34. The lowest BCUT2D eigenvalue weighted by Crippen LogP contribution is -2.44. The maximum atomic E-state index is 12.4. The van der Waals surface area contributed by atoms with Crippen molar-refractivity contribution in [2.45, 2.75) is 12.8 Å². The highest BCUT2D eigenvalue weighted by atomic mass is 35.5. The second-order valence-electron chi connectivity index (χ2n) is 6.81. The zero-order valence-corrected chi connectivity index (χ0v) is 16.6. The van der Waals surface area contributed by atoms with Gasteiger partial charge in [0.05, 0.1) is 18.7 Å². The van der Waals surface area contributed by atoms with Gasteiger partial charge in [0.1, 0.15) is 5.75 Å². The average molecular weight is 397 g/mol.